The third-order valence-electron chi connectivity index (χ3n) is 2.70. The maximum Gasteiger partial charge on any atom is 0.314 e. The fourth-order valence-corrected chi connectivity index (χ4v) is 1.79. The van der Waals surface area contributed by atoms with E-state index in [1.165, 1.54) is 0 Å². The van der Waals surface area contributed by atoms with E-state index >= 15 is 0 Å². The van der Waals surface area contributed by atoms with E-state index in [9.17, 15) is 14.4 Å². The van der Waals surface area contributed by atoms with Crippen molar-refractivity contribution < 1.29 is 0 Å². The first kappa shape index (κ1) is 10.5. The zero-order chi connectivity index (χ0) is 12.9. The van der Waals surface area contributed by atoms with Gasteiger partial charge in [-0.3, -0.25) is 14.4 Å². The number of hydrogen-bond acceptors (Lipinski definition) is 4. The fraction of sp³-hybridized carbons (Fsp3) is 0.0909. The van der Waals surface area contributed by atoms with E-state index in [2.05, 4.69) is 19.9 Å². The molecule has 0 spiro atoms. The van der Waals surface area contributed by atoms with Crippen LogP contribution in [-0.2, 0) is 0 Å². The van der Waals surface area contributed by atoms with Crippen molar-refractivity contribution in [3.63, 3.8) is 0 Å². The summed E-state index contributed by atoms with van der Waals surface area (Å²) in [6.07, 6.45) is 0. The average molecular weight is 244 g/mol. The lowest BCUT2D eigenvalue weighted by Gasteiger charge is -2.01. The Bertz CT molecular complexity index is 948. The molecule has 3 N–H and O–H groups in total. The second-order valence-corrected chi connectivity index (χ2v) is 3.97. The molecule has 2 heterocycles. The predicted molar refractivity (Wildman–Crippen MR) is 65.8 cm³/mol. The monoisotopic (exact) mass is 244 g/mol. The lowest BCUT2D eigenvalue weighted by molar-refractivity contribution is 1.11. The van der Waals surface area contributed by atoms with Crippen molar-refractivity contribution in [2.45, 2.75) is 6.92 Å². The van der Waals surface area contributed by atoms with Gasteiger partial charge in [-0.1, -0.05) is 0 Å². The number of aryl methyl sites for hydroxylation is 1. The normalized spacial score (nSPS) is 11.2. The van der Waals surface area contributed by atoms with Crippen LogP contribution in [0.3, 0.4) is 0 Å². The molecule has 0 amide bonds. The Morgan fingerprint density at radius 3 is 2.06 bits per heavy atom. The minimum absolute atomic E-state index is 0.284. The molecule has 0 saturated carbocycles. The van der Waals surface area contributed by atoms with Crippen molar-refractivity contribution >= 4 is 22.1 Å². The van der Waals surface area contributed by atoms with Crippen LogP contribution in [0.25, 0.3) is 22.1 Å². The summed E-state index contributed by atoms with van der Waals surface area (Å²) in [4.78, 5) is 45.5. The highest BCUT2D eigenvalue weighted by Gasteiger charge is 2.05. The SMILES string of the molecule is Cc1nc2cc3[nH]c(=O)c(=O)[nH]c3cc2[nH]c1=O. The molecule has 7 nitrogen and oxygen atoms in total. The Balaban J connectivity index is 2.55. The summed E-state index contributed by atoms with van der Waals surface area (Å²) < 4.78 is 0. The summed E-state index contributed by atoms with van der Waals surface area (Å²) in [5, 5.41) is 0. The number of aromatic nitrogens is 4. The summed E-state index contributed by atoms with van der Waals surface area (Å²) in [5.41, 5.74) is 0.553. The van der Waals surface area contributed by atoms with Gasteiger partial charge in [0.1, 0.15) is 5.69 Å². The highest BCUT2D eigenvalue weighted by Crippen LogP contribution is 2.14. The zero-order valence-electron chi connectivity index (χ0n) is 9.33. The highest BCUT2D eigenvalue weighted by molar-refractivity contribution is 5.90. The number of rotatable bonds is 0. The molecule has 0 bridgehead atoms. The van der Waals surface area contributed by atoms with Crippen LogP contribution in [0.15, 0.2) is 26.5 Å². The van der Waals surface area contributed by atoms with Crippen LogP contribution in [0.2, 0.25) is 0 Å². The number of benzene rings is 1. The quantitative estimate of drug-likeness (QED) is 0.374. The van der Waals surface area contributed by atoms with E-state index < -0.39 is 11.1 Å². The van der Waals surface area contributed by atoms with Gasteiger partial charge in [0.15, 0.2) is 0 Å². The molecule has 0 atom stereocenters. The van der Waals surface area contributed by atoms with Crippen molar-refractivity contribution in [2.75, 3.05) is 0 Å². The van der Waals surface area contributed by atoms with Crippen molar-refractivity contribution in [1.29, 1.82) is 0 Å². The molecule has 0 fully saturated rings. The molecule has 0 unspecified atom stereocenters. The van der Waals surface area contributed by atoms with E-state index in [1.807, 2.05) is 0 Å². The maximum atomic E-state index is 11.4. The number of nitrogens with one attached hydrogen (secondary N) is 3. The Kier molecular flexibility index (Phi) is 1.97. The van der Waals surface area contributed by atoms with Crippen molar-refractivity contribution in [2.24, 2.45) is 0 Å². The molecule has 90 valence electrons. The van der Waals surface area contributed by atoms with Crippen molar-refractivity contribution in [1.82, 2.24) is 19.9 Å². The molecule has 2 aromatic heterocycles. The molecule has 0 aliphatic carbocycles. The summed E-state index contributed by atoms with van der Waals surface area (Å²) in [6, 6.07) is 3.17. The molecule has 0 aliphatic rings. The van der Waals surface area contributed by atoms with Crippen LogP contribution in [0.5, 0.6) is 0 Å². The van der Waals surface area contributed by atoms with Crippen molar-refractivity contribution in [3.05, 3.63) is 48.9 Å². The van der Waals surface area contributed by atoms with Gasteiger partial charge in [-0.15, -0.1) is 0 Å². The Hall–Kier alpha value is -2.70. The van der Waals surface area contributed by atoms with Crippen LogP contribution in [-0.4, -0.2) is 19.9 Å². The molecule has 1 aromatic carbocycles. The second kappa shape index (κ2) is 3.39. The smallest absolute Gasteiger partial charge is 0.314 e. The predicted octanol–water partition coefficient (Wildman–Crippen LogP) is -0.239. The summed E-state index contributed by atoms with van der Waals surface area (Å²) in [5.74, 6) is 0. The van der Waals surface area contributed by atoms with Crippen molar-refractivity contribution in [3.8, 4) is 0 Å². The standard InChI is InChI=1S/C11H8N4O3/c1-4-9(16)13-6-3-8-7(2-5(6)12-4)14-10(17)11(18)15-8/h2-3H,1H3,(H,13,16)(H,14,17)(H,15,18). The van der Waals surface area contributed by atoms with Crippen LogP contribution < -0.4 is 16.7 Å². The van der Waals surface area contributed by atoms with Gasteiger partial charge in [0.2, 0.25) is 0 Å². The summed E-state index contributed by atoms with van der Waals surface area (Å²) in [7, 11) is 0. The first-order chi connectivity index (χ1) is 8.54. The Morgan fingerprint density at radius 1 is 0.833 bits per heavy atom. The third-order valence-corrected chi connectivity index (χ3v) is 2.70. The number of hydrogen-bond donors (Lipinski definition) is 3. The maximum absolute atomic E-state index is 11.4. The first-order valence-corrected chi connectivity index (χ1v) is 5.21. The van der Waals surface area contributed by atoms with E-state index in [0.717, 1.165) is 0 Å². The van der Waals surface area contributed by atoms with Gasteiger partial charge in [-0.05, 0) is 19.1 Å². The van der Waals surface area contributed by atoms with Gasteiger partial charge in [0.05, 0.1) is 22.1 Å². The minimum Gasteiger partial charge on any atom is -0.319 e. The summed E-state index contributed by atoms with van der Waals surface area (Å²) >= 11 is 0. The molecule has 3 rings (SSSR count). The average Bonchev–Trinajstić information content (AvgIpc) is 2.31. The van der Waals surface area contributed by atoms with E-state index in [-0.39, 0.29) is 5.56 Å². The van der Waals surface area contributed by atoms with Crippen LogP contribution in [0.4, 0.5) is 0 Å². The first-order valence-electron chi connectivity index (χ1n) is 5.21. The Labute approximate surface area is 98.5 Å². The van der Waals surface area contributed by atoms with Gasteiger partial charge >= 0.3 is 11.1 Å². The molecular weight excluding hydrogens is 236 g/mol. The summed E-state index contributed by atoms with van der Waals surface area (Å²) in [6.45, 7) is 1.60. The molecule has 0 aliphatic heterocycles. The molecule has 0 saturated heterocycles. The molecule has 3 aromatic rings. The number of H-pyrrole nitrogens is 3. The van der Waals surface area contributed by atoms with Crippen LogP contribution in [0.1, 0.15) is 5.69 Å². The molecule has 18 heavy (non-hydrogen) atoms. The number of nitrogens with zero attached hydrogens (tertiary/aromatic N) is 1. The van der Waals surface area contributed by atoms with Gasteiger partial charge in [0, 0.05) is 0 Å². The zero-order valence-corrected chi connectivity index (χ0v) is 9.33. The molecule has 7 heteroatoms. The second-order valence-electron chi connectivity index (χ2n) is 3.97. The molecule has 0 radical (unpaired) electrons. The minimum atomic E-state index is -0.732. The van der Waals surface area contributed by atoms with Gasteiger partial charge < -0.3 is 15.0 Å². The topological polar surface area (TPSA) is 111 Å². The fourth-order valence-electron chi connectivity index (χ4n) is 1.79. The lowest BCUT2D eigenvalue weighted by Crippen LogP contribution is -2.28. The van der Waals surface area contributed by atoms with Crippen LogP contribution in [0, 0.1) is 6.92 Å². The molecular formula is C11H8N4O3. The van der Waals surface area contributed by atoms with E-state index in [1.54, 1.807) is 19.1 Å². The van der Waals surface area contributed by atoms with Gasteiger partial charge in [-0.2, -0.15) is 0 Å². The third kappa shape index (κ3) is 1.45. The Morgan fingerprint density at radius 2 is 1.39 bits per heavy atom. The number of aromatic amines is 3. The lowest BCUT2D eigenvalue weighted by atomic mass is 10.2. The van der Waals surface area contributed by atoms with E-state index in [0.29, 0.717) is 27.8 Å². The highest BCUT2D eigenvalue weighted by atomic mass is 16.2. The largest absolute Gasteiger partial charge is 0.319 e. The van der Waals surface area contributed by atoms with Gasteiger partial charge in [0.25, 0.3) is 5.56 Å². The van der Waals surface area contributed by atoms with E-state index in [4.69, 9.17) is 0 Å². The van der Waals surface area contributed by atoms with Crippen LogP contribution >= 0.6 is 0 Å². The number of fused-ring (bicyclic) bond motifs is 2. The van der Waals surface area contributed by atoms with Gasteiger partial charge in [-0.25, -0.2) is 4.98 Å².